The van der Waals surface area contributed by atoms with Crippen LogP contribution in [0.2, 0.25) is 0 Å². The number of hydrogen-bond acceptors (Lipinski definition) is 5. The van der Waals surface area contributed by atoms with Gasteiger partial charge in [0.05, 0.1) is 17.1 Å². The molecule has 1 N–H and O–H groups in total. The van der Waals surface area contributed by atoms with Crippen LogP contribution < -0.4 is 5.32 Å². The van der Waals surface area contributed by atoms with Crippen molar-refractivity contribution in [2.24, 2.45) is 0 Å². The molecule has 0 fully saturated rings. The van der Waals surface area contributed by atoms with Gasteiger partial charge in [-0.25, -0.2) is 4.98 Å². The summed E-state index contributed by atoms with van der Waals surface area (Å²) in [4.78, 5) is 33.6. The van der Waals surface area contributed by atoms with Crippen LogP contribution in [-0.2, 0) is 13.0 Å². The Kier molecular flexibility index (Phi) is 4.61. The molecule has 0 atom stereocenters. The number of benzene rings is 2. The van der Waals surface area contributed by atoms with Crippen LogP contribution in [0.1, 0.15) is 30.6 Å². The Morgan fingerprint density at radius 3 is 2.76 bits per heavy atom. The number of thiazole rings is 1. The molecule has 3 heterocycles. The second-order valence-corrected chi connectivity index (χ2v) is 8.86. The molecule has 0 aliphatic carbocycles. The standard InChI is InChI=1S/C22H17N3O2S2/c26-20(18-9-4-12-28-18)24-22-23-17-10-11-25(13-19(17)29-22)21(27)16-8-3-6-14-5-1-2-7-15(14)16/h1-9,12H,10-11,13H2,(H,23,24,26). The molecule has 4 aromatic rings. The SMILES string of the molecule is O=C(Nc1nc2c(s1)CN(C(=O)c1cccc3ccccc13)CC2)c1cccs1. The Balaban J connectivity index is 1.36. The monoisotopic (exact) mass is 419 g/mol. The molecule has 5 rings (SSSR count). The molecule has 0 unspecified atom stereocenters. The lowest BCUT2D eigenvalue weighted by molar-refractivity contribution is 0.0738. The fourth-order valence-corrected chi connectivity index (χ4v) is 5.21. The minimum absolute atomic E-state index is 0.0324. The van der Waals surface area contributed by atoms with Gasteiger partial charge in [0.1, 0.15) is 0 Å². The first-order valence-corrected chi connectivity index (χ1v) is 11.0. The number of anilines is 1. The molecule has 0 saturated heterocycles. The van der Waals surface area contributed by atoms with Crippen LogP contribution in [0, 0.1) is 0 Å². The van der Waals surface area contributed by atoms with Crippen molar-refractivity contribution < 1.29 is 9.59 Å². The highest BCUT2D eigenvalue weighted by Gasteiger charge is 2.26. The number of thiophene rings is 1. The summed E-state index contributed by atoms with van der Waals surface area (Å²) < 4.78 is 0. The number of carbonyl (C=O) groups excluding carboxylic acids is 2. The molecule has 7 heteroatoms. The summed E-state index contributed by atoms with van der Waals surface area (Å²) >= 11 is 2.85. The maximum Gasteiger partial charge on any atom is 0.267 e. The average molecular weight is 420 g/mol. The first kappa shape index (κ1) is 18.0. The molecule has 1 aliphatic rings. The molecule has 0 saturated carbocycles. The van der Waals surface area contributed by atoms with Crippen LogP contribution in [0.25, 0.3) is 10.8 Å². The van der Waals surface area contributed by atoms with Gasteiger partial charge >= 0.3 is 0 Å². The molecule has 29 heavy (non-hydrogen) atoms. The van der Waals surface area contributed by atoms with Crippen LogP contribution >= 0.6 is 22.7 Å². The fraction of sp³-hybridized carbons (Fsp3) is 0.136. The molecule has 0 radical (unpaired) electrons. The van der Waals surface area contributed by atoms with Gasteiger partial charge in [0.25, 0.3) is 11.8 Å². The zero-order valence-corrected chi connectivity index (χ0v) is 17.1. The summed E-state index contributed by atoms with van der Waals surface area (Å²) in [5.74, 6) is -0.111. The van der Waals surface area contributed by atoms with Crippen LogP contribution in [0.4, 0.5) is 5.13 Å². The number of rotatable bonds is 3. The van der Waals surface area contributed by atoms with E-state index >= 15 is 0 Å². The number of aromatic nitrogens is 1. The number of hydrogen-bond donors (Lipinski definition) is 1. The number of amides is 2. The van der Waals surface area contributed by atoms with Crippen LogP contribution in [0.15, 0.2) is 60.0 Å². The lowest BCUT2D eigenvalue weighted by atomic mass is 10.0. The summed E-state index contributed by atoms with van der Waals surface area (Å²) in [5, 5.41) is 7.37. The average Bonchev–Trinajstić information content (AvgIpc) is 3.42. The van der Waals surface area contributed by atoms with Crippen molar-refractivity contribution in [3.8, 4) is 0 Å². The molecule has 2 aromatic heterocycles. The van der Waals surface area contributed by atoms with E-state index < -0.39 is 0 Å². The number of nitrogens with zero attached hydrogens (tertiary/aromatic N) is 2. The summed E-state index contributed by atoms with van der Waals surface area (Å²) in [6, 6.07) is 17.4. The van der Waals surface area contributed by atoms with Gasteiger partial charge in [-0.15, -0.1) is 11.3 Å². The van der Waals surface area contributed by atoms with Gasteiger partial charge < -0.3 is 4.90 Å². The van der Waals surface area contributed by atoms with Crippen molar-refractivity contribution in [3.05, 3.63) is 81.0 Å². The Labute approximate surface area is 175 Å². The summed E-state index contributed by atoms with van der Waals surface area (Å²) in [5.41, 5.74) is 1.70. The van der Waals surface area contributed by atoms with E-state index in [0.717, 1.165) is 26.9 Å². The van der Waals surface area contributed by atoms with Crippen molar-refractivity contribution in [2.75, 3.05) is 11.9 Å². The molecule has 0 spiro atoms. The summed E-state index contributed by atoms with van der Waals surface area (Å²) in [7, 11) is 0. The normalized spacial score (nSPS) is 13.3. The molecule has 1 aliphatic heterocycles. The Hall–Kier alpha value is -3.03. The van der Waals surface area contributed by atoms with Crippen molar-refractivity contribution in [1.29, 1.82) is 0 Å². The third kappa shape index (κ3) is 3.43. The minimum atomic E-state index is -0.144. The number of nitrogens with one attached hydrogen (secondary N) is 1. The van der Waals surface area contributed by atoms with Gasteiger partial charge in [-0.2, -0.15) is 0 Å². The van der Waals surface area contributed by atoms with Crippen molar-refractivity contribution in [2.45, 2.75) is 13.0 Å². The zero-order chi connectivity index (χ0) is 19.8. The third-order valence-corrected chi connectivity index (χ3v) is 6.87. The van der Waals surface area contributed by atoms with Gasteiger partial charge in [-0.3, -0.25) is 14.9 Å². The maximum absolute atomic E-state index is 13.2. The van der Waals surface area contributed by atoms with E-state index in [1.54, 1.807) is 6.07 Å². The van der Waals surface area contributed by atoms with Crippen molar-refractivity contribution in [1.82, 2.24) is 9.88 Å². The van der Waals surface area contributed by atoms with E-state index in [2.05, 4.69) is 10.3 Å². The summed E-state index contributed by atoms with van der Waals surface area (Å²) in [6.45, 7) is 1.14. The quantitative estimate of drug-likeness (QED) is 0.518. The maximum atomic E-state index is 13.2. The molecule has 0 bridgehead atoms. The highest BCUT2D eigenvalue weighted by molar-refractivity contribution is 7.16. The Bertz CT molecular complexity index is 1210. The van der Waals surface area contributed by atoms with Gasteiger partial charge in [0, 0.05) is 23.4 Å². The fourth-order valence-electron chi connectivity index (χ4n) is 3.57. The van der Waals surface area contributed by atoms with Crippen molar-refractivity contribution >= 4 is 50.4 Å². The zero-order valence-electron chi connectivity index (χ0n) is 15.4. The highest BCUT2D eigenvalue weighted by Crippen LogP contribution is 2.30. The molecular weight excluding hydrogens is 402 g/mol. The molecule has 144 valence electrons. The minimum Gasteiger partial charge on any atom is -0.333 e. The largest absolute Gasteiger partial charge is 0.333 e. The predicted molar refractivity (Wildman–Crippen MR) is 117 cm³/mol. The first-order chi connectivity index (χ1) is 14.2. The Morgan fingerprint density at radius 2 is 1.90 bits per heavy atom. The van der Waals surface area contributed by atoms with Crippen LogP contribution in [0.5, 0.6) is 0 Å². The molecular formula is C22H17N3O2S2. The van der Waals surface area contributed by atoms with Crippen LogP contribution in [0.3, 0.4) is 0 Å². The first-order valence-electron chi connectivity index (χ1n) is 9.29. The Morgan fingerprint density at radius 1 is 1.03 bits per heavy atom. The van der Waals surface area contributed by atoms with Gasteiger partial charge in [0.2, 0.25) is 0 Å². The molecule has 2 amide bonds. The number of carbonyl (C=O) groups is 2. The van der Waals surface area contributed by atoms with E-state index in [1.165, 1.54) is 22.7 Å². The molecule has 2 aromatic carbocycles. The van der Waals surface area contributed by atoms with E-state index in [-0.39, 0.29) is 11.8 Å². The van der Waals surface area contributed by atoms with E-state index in [1.807, 2.05) is 58.8 Å². The third-order valence-electron chi connectivity index (χ3n) is 5.00. The molecule has 5 nitrogen and oxygen atoms in total. The number of fused-ring (bicyclic) bond motifs is 2. The lowest BCUT2D eigenvalue weighted by Crippen LogP contribution is -2.35. The van der Waals surface area contributed by atoms with E-state index in [9.17, 15) is 9.59 Å². The lowest BCUT2D eigenvalue weighted by Gasteiger charge is -2.26. The van der Waals surface area contributed by atoms with E-state index in [4.69, 9.17) is 0 Å². The van der Waals surface area contributed by atoms with E-state index in [0.29, 0.717) is 29.5 Å². The summed E-state index contributed by atoms with van der Waals surface area (Å²) in [6.07, 6.45) is 0.692. The topological polar surface area (TPSA) is 62.3 Å². The van der Waals surface area contributed by atoms with Gasteiger partial charge in [0.15, 0.2) is 5.13 Å². The van der Waals surface area contributed by atoms with Crippen molar-refractivity contribution in [3.63, 3.8) is 0 Å². The smallest absolute Gasteiger partial charge is 0.267 e. The predicted octanol–water partition coefficient (Wildman–Crippen LogP) is 4.81. The second kappa shape index (κ2) is 7.42. The van der Waals surface area contributed by atoms with Gasteiger partial charge in [-0.1, -0.05) is 53.8 Å². The second-order valence-electron chi connectivity index (χ2n) is 6.82. The highest BCUT2D eigenvalue weighted by atomic mass is 32.1. The van der Waals surface area contributed by atoms with Crippen LogP contribution in [-0.4, -0.2) is 28.2 Å². The van der Waals surface area contributed by atoms with Gasteiger partial charge in [-0.05, 0) is 28.3 Å².